The number of hydrogen-bond acceptors (Lipinski definition) is 4. The van der Waals surface area contributed by atoms with Crippen molar-refractivity contribution in [1.82, 2.24) is 4.98 Å². The second-order valence-electron chi connectivity index (χ2n) is 4.05. The van der Waals surface area contributed by atoms with Crippen molar-refractivity contribution in [2.75, 3.05) is 0 Å². The van der Waals surface area contributed by atoms with Gasteiger partial charge in [0, 0.05) is 11.1 Å². The third-order valence-electron chi connectivity index (χ3n) is 2.59. The molecule has 0 aliphatic carbocycles. The van der Waals surface area contributed by atoms with Gasteiger partial charge in [-0.3, -0.25) is 0 Å². The summed E-state index contributed by atoms with van der Waals surface area (Å²) in [5.41, 5.74) is 0.826. The van der Waals surface area contributed by atoms with Crippen LogP contribution in [0.1, 0.15) is 18.6 Å². The first kappa shape index (κ1) is 14.7. The van der Waals surface area contributed by atoms with E-state index in [0.29, 0.717) is 9.50 Å². The van der Waals surface area contributed by atoms with Gasteiger partial charge in [-0.25, -0.2) is 0 Å². The van der Waals surface area contributed by atoms with Crippen molar-refractivity contribution >= 4 is 33.3 Å². The maximum absolute atomic E-state index is 10.9. The summed E-state index contributed by atoms with van der Waals surface area (Å²) < 4.78 is 6.24. The summed E-state index contributed by atoms with van der Waals surface area (Å²) in [7, 11) is 0. The van der Waals surface area contributed by atoms with E-state index in [1.807, 2.05) is 6.07 Å². The Balaban J connectivity index is 2.29. The van der Waals surface area contributed by atoms with Crippen LogP contribution in [0.4, 0.5) is 5.82 Å². The van der Waals surface area contributed by atoms with Crippen LogP contribution in [0.3, 0.4) is 0 Å². The van der Waals surface area contributed by atoms with E-state index in [-0.39, 0.29) is 17.7 Å². The van der Waals surface area contributed by atoms with E-state index in [2.05, 4.69) is 20.9 Å². The molecular weight excluding hydrogens is 348 g/mol. The molecule has 7 heteroatoms. The Kier molecular flexibility index (Phi) is 4.57. The van der Waals surface area contributed by atoms with Crippen LogP contribution in [-0.2, 0) is 0 Å². The van der Waals surface area contributed by atoms with Crippen molar-refractivity contribution in [1.29, 1.82) is 0 Å². The summed E-state index contributed by atoms with van der Waals surface area (Å²) in [6.07, 6.45) is 0.971. The fourth-order valence-electron chi connectivity index (χ4n) is 1.66. The van der Waals surface area contributed by atoms with E-state index in [4.69, 9.17) is 16.3 Å². The van der Waals surface area contributed by atoms with Crippen LogP contribution >= 0.6 is 27.5 Å². The second kappa shape index (κ2) is 6.19. The monoisotopic (exact) mass is 356 g/mol. The van der Waals surface area contributed by atoms with Gasteiger partial charge in [-0.2, -0.15) is 0 Å². The van der Waals surface area contributed by atoms with Crippen LogP contribution in [0, 0.1) is 10.1 Å². The van der Waals surface area contributed by atoms with Gasteiger partial charge in [0.25, 0.3) is 0 Å². The number of aromatic nitrogens is 1. The molecule has 0 spiro atoms. The van der Waals surface area contributed by atoms with Crippen molar-refractivity contribution in [3.63, 3.8) is 0 Å². The van der Waals surface area contributed by atoms with Crippen molar-refractivity contribution in [3.05, 3.63) is 61.7 Å². The Morgan fingerprint density at radius 2 is 2.20 bits per heavy atom. The van der Waals surface area contributed by atoms with Gasteiger partial charge in [-0.1, -0.05) is 23.7 Å². The Hall–Kier alpha value is -1.66. The van der Waals surface area contributed by atoms with Gasteiger partial charge in [-0.15, -0.1) is 0 Å². The highest BCUT2D eigenvalue weighted by atomic mass is 79.9. The number of pyridine rings is 1. The van der Waals surface area contributed by atoms with Crippen molar-refractivity contribution in [2.45, 2.75) is 13.0 Å². The highest BCUT2D eigenvalue weighted by Crippen LogP contribution is 2.31. The quantitative estimate of drug-likeness (QED) is 0.595. The smallest absolute Gasteiger partial charge is 0.406 e. The SMILES string of the molecule is C[C@@H](Oc1cc(Br)cnc1[N+](=O)[O-])c1cccc(Cl)c1. The molecule has 0 amide bonds. The molecule has 0 fully saturated rings. The first-order valence-corrected chi connectivity index (χ1v) is 6.86. The van der Waals surface area contributed by atoms with Crippen molar-refractivity contribution in [3.8, 4) is 5.75 Å². The third kappa shape index (κ3) is 3.46. The number of nitrogens with zero attached hydrogens (tertiary/aromatic N) is 2. The normalized spacial score (nSPS) is 11.9. The van der Waals surface area contributed by atoms with Crippen molar-refractivity contribution in [2.24, 2.45) is 0 Å². The zero-order chi connectivity index (χ0) is 14.7. The summed E-state index contributed by atoms with van der Waals surface area (Å²) in [6.45, 7) is 1.79. The zero-order valence-electron chi connectivity index (χ0n) is 10.4. The Labute approximate surface area is 128 Å². The molecule has 0 N–H and O–H groups in total. The lowest BCUT2D eigenvalue weighted by molar-refractivity contribution is -0.390. The molecule has 0 aliphatic heterocycles. The molecule has 1 atom stereocenters. The molecule has 0 bridgehead atoms. The molecule has 2 aromatic rings. The summed E-state index contributed by atoms with van der Waals surface area (Å²) in [5.74, 6) is -0.209. The number of nitro groups is 1. The highest BCUT2D eigenvalue weighted by Gasteiger charge is 2.20. The minimum absolute atomic E-state index is 0.108. The van der Waals surface area contributed by atoms with Crippen LogP contribution in [0.2, 0.25) is 5.02 Å². The largest absolute Gasteiger partial charge is 0.478 e. The van der Waals surface area contributed by atoms with E-state index in [9.17, 15) is 10.1 Å². The van der Waals surface area contributed by atoms with Gasteiger partial charge in [0.2, 0.25) is 5.75 Å². The molecule has 1 aromatic carbocycles. The molecular formula is C13H10BrClN2O3. The predicted molar refractivity (Wildman–Crippen MR) is 79.1 cm³/mol. The minimum Gasteiger partial charge on any atom is -0.478 e. The standard InChI is InChI=1S/C13H10BrClN2O3/c1-8(9-3-2-4-11(15)5-9)20-12-6-10(14)7-16-13(12)17(18)19/h2-8H,1H3/t8-/m1/s1. The lowest BCUT2D eigenvalue weighted by atomic mass is 10.1. The average molecular weight is 358 g/mol. The minimum atomic E-state index is -0.577. The van der Waals surface area contributed by atoms with E-state index in [0.717, 1.165) is 5.56 Å². The van der Waals surface area contributed by atoms with Crippen LogP contribution in [0.25, 0.3) is 0 Å². The fourth-order valence-corrected chi connectivity index (χ4v) is 2.16. The third-order valence-corrected chi connectivity index (χ3v) is 3.26. The maximum atomic E-state index is 10.9. The Bertz CT molecular complexity index is 651. The summed E-state index contributed by atoms with van der Waals surface area (Å²) in [4.78, 5) is 14.1. The lowest BCUT2D eigenvalue weighted by Crippen LogP contribution is -2.06. The van der Waals surface area contributed by atoms with Crippen molar-refractivity contribution < 1.29 is 9.66 Å². The van der Waals surface area contributed by atoms with Gasteiger partial charge < -0.3 is 14.9 Å². The average Bonchev–Trinajstić information content (AvgIpc) is 2.38. The molecule has 2 rings (SSSR count). The van der Waals surface area contributed by atoms with E-state index in [1.165, 1.54) is 12.3 Å². The molecule has 0 radical (unpaired) electrons. The van der Waals surface area contributed by atoms with Gasteiger partial charge >= 0.3 is 5.82 Å². The van der Waals surface area contributed by atoms with Crippen LogP contribution < -0.4 is 4.74 Å². The predicted octanol–water partition coefficient (Wildman–Crippen LogP) is 4.55. The number of rotatable bonds is 4. The molecule has 0 saturated carbocycles. The highest BCUT2D eigenvalue weighted by molar-refractivity contribution is 9.10. The second-order valence-corrected chi connectivity index (χ2v) is 5.40. The fraction of sp³-hybridized carbons (Fsp3) is 0.154. The summed E-state index contributed by atoms with van der Waals surface area (Å²) in [6, 6.07) is 8.66. The lowest BCUT2D eigenvalue weighted by Gasteiger charge is -2.15. The van der Waals surface area contributed by atoms with Crippen LogP contribution in [0.5, 0.6) is 5.75 Å². The van der Waals surface area contributed by atoms with Gasteiger partial charge in [0.1, 0.15) is 6.10 Å². The maximum Gasteiger partial charge on any atom is 0.406 e. The molecule has 0 saturated heterocycles. The molecule has 20 heavy (non-hydrogen) atoms. The first-order chi connectivity index (χ1) is 9.47. The van der Waals surface area contributed by atoms with E-state index >= 15 is 0 Å². The number of hydrogen-bond donors (Lipinski definition) is 0. The molecule has 5 nitrogen and oxygen atoms in total. The Morgan fingerprint density at radius 3 is 2.85 bits per heavy atom. The molecule has 1 aromatic heterocycles. The van der Waals surface area contributed by atoms with Gasteiger partial charge in [0.15, 0.2) is 6.20 Å². The first-order valence-electron chi connectivity index (χ1n) is 5.69. The van der Waals surface area contributed by atoms with E-state index in [1.54, 1.807) is 25.1 Å². The van der Waals surface area contributed by atoms with Gasteiger partial charge in [-0.05, 0) is 50.5 Å². The Morgan fingerprint density at radius 1 is 1.45 bits per heavy atom. The topological polar surface area (TPSA) is 65.3 Å². The van der Waals surface area contributed by atoms with Crippen LogP contribution in [0.15, 0.2) is 41.0 Å². The molecule has 1 heterocycles. The molecule has 0 unspecified atom stereocenters. The molecule has 104 valence electrons. The number of halogens is 2. The number of benzene rings is 1. The summed E-state index contributed by atoms with van der Waals surface area (Å²) in [5, 5.41) is 11.5. The zero-order valence-corrected chi connectivity index (χ0v) is 12.8. The molecule has 0 aliphatic rings. The number of ether oxygens (including phenoxy) is 1. The van der Waals surface area contributed by atoms with E-state index < -0.39 is 4.92 Å². The summed E-state index contributed by atoms with van der Waals surface area (Å²) >= 11 is 9.13. The van der Waals surface area contributed by atoms with Gasteiger partial charge in [0.05, 0.1) is 4.47 Å². The van der Waals surface area contributed by atoms with Crippen LogP contribution in [-0.4, -0.2) is 9.91 Å².